The fourth-order valence-electron chi connectivity index (χ4n) is 3.72. The van der Waals surface area contributed by atoms with E-state index < -0.39 is 21.8 Å². The minimum Gasteiger partial charge on any atom is -0.451 e. The predicted octanol–water partition coefficient (Wildman–Crippen LogP) is 3.58. The molecular weight excluding hydrogens is 426 g/mol. The molecule has 0 bridgehead atoms. The maximum atomic E-state index is 13.4. The van der Waals surface area contributed by atoms with E-state index in [0.29, 0.717) is 28.0 Å². The Morgan fingerprint density at radius 1 is 1.20 bits per heavy atom. The Balaban J connectivity index is 1.75. The van der Waals surface area contributed by atoms with Crippen molar-refractivity contribution < 1.29 is 17.6 Å². The molecule has 1 aromatic heterocycles. The number of nitrogens with zero attached hydrogens (tertiary/aromatic N) is 1. The van der Waals surface area contributed by atoms with Crippen molar-refractivity contribution in [2.75, 3.05) is 11.5 Å². The predicted molar refractivity (Wildman–Crippen MR) is 116 cm³/mol. The first-order chi connectivity index (χ1) is 14.2. The van der Waals surface area contributed by atoms with Crippen LogP contribution in [0.25, 0.3) is 11.0 Å². The van der Waals surface area contributed by atoms with Crippen molar-refractivity contribution in [2.45, 2.75) is 25.9 Å². The van der Waals surface area contributed by atoms with Gasteiger partial charge in [-0.2, -0.15) is 0 Å². The molecule has 2 aromatic carbocycles. The number of amides is 1. The van der Waals surface area contributed by atoms with Crippen LogP contribution < -0.4 is 5.43 Å². The van der Waals surface area contributed by atoms with Crippen LogP contribution in [-0.2, 0) is 16.4 Å². The summed E-state index contributed by atoms with van der Waals surface area (Å²) in [6.07, 6.45) is 0.329. The van der Waals surface area contributed by atoms with Gasteiger partial charge in [-0.05, 0) is 37.1 Å². The number of benzene rings is 2. The molecule has 0 radical (unpaired) electrons. The maximum absolute atomic E-state index is 13.4. The number of halogens is 1. The molecule has 8 heteroatoms. The number of hydrogen-bond acceptors (Lipinski definition) is 5. The molecule has 1 fully saturated rings. The average molecular weight is 446 g/mol. The second-order valence-corrected chi connectivity index (χ2v) is 10.2. The van der Waals surface area contributed by atoms with Crippen LogP contribution in [0.5, 0.6) is 0 Å². The first kappa shape index (κ1) is 20.6. The molecular formula is C22H20ClNO5S. The lowest BCUT2D eigenvalue weighted by Gasteiger charge is -2.28. The van der Waals surface area contributed by atoms with E-state index in [1.165, 1.54) is 11.0 Å². The van der Waals surface area contributed by atoms with Gasteiger partial charge in [-0.1, -0.05) is 41.4 Å². The second-order valence-electron chi connectivity index (χ2n) is 7.56. The third-order valence-corrected chi connectivity index (χ3v) is 7.42. The zero-order chi connectivity index (χ0) is 21.5. The zero-order valence-corrected chi connectivity index (χ0v) is 17.9. The largest absolute Gasteiger partial charge is 0.451 e. The monoisotopic (exact) mass is 445 g/mol. The normalized spacial score (nSPS) is 17.9. The van der Waals surface area contributed by atoms with Crippen molar-refractivity contribution in [2.24, 2.45) is 0 Å². The van der Waals surface area contributed by atoms with E-state index in [9.17, 15) is 18.0 Å². The minimum atomic E-state index is -3.23. The SMILES string of the molecule is Cc1ccc2oc(C(=O)N(Cc3ccccc3Cl)[C@@H]3CCS(=O)(=O)C3)cc(=O)c2c1. The summed E-state index contributed by atoms with van der Waals surface area (Å²) in [4.78, 5) is 27.4. The van der Waals surface area contributed by atoms with Crippen molar-refractivity contribution in [3.05, 3.63) is 80.7 Å². The summed E-state index contributed by atoms with van der Waals surface area (Å²) in [5.74, 6) is -0.755. The molecule has 1 aliphatic heterocycles. The van der Waals surface area contributed by atoms with Crippen LogP contribution >= 0.6 is 11.6 Å². The van der Waals surface area contributed by atoms with Crippen LogP contribution in [-0.4, -0.2) is 36.8 Å². The van der Waals surface area contributed by atoms with Gasteiger partial charge in [-0.3, -0.25) is 9.59 Å². The van der Waals surface area contributed by atoms with Gasteiger partial charge in [0.1, 0.15) is 5.58 Å². The highest BCUT2D eigenvalue weighted by atomic mass is 35.5. The van der Waals surface area contributed by atoms with Crippen molar-refractivity contribution >= 4 is 38.3 Å². The fourth-order valence-corrected chi connectivity index (χ4v) is 5.64. The van der Waals surface area contributed by atoms with Crippen molar-refractivity contribution in [1.29, 1.82) is 0 Å². The molecule has 4 rings (SSSR count). The lowest BCUT2D eigenvalue weighted by Crippen LogP contribution is -2.41. The van der Waals surface area contributed by atoms with Crippen LogP contribution in [0, 0.1) is 6.92 Å². The molecule has 0 aliphatic carbocycles. The van der Waals surface area contributed by atoms with Crippen molar-refractivity contribution in [3.8, 4) is 0 Å². The number of rotatable bonds is 4. The van der Waals surface area contributed by atoms with Gasteiger partial charge in [-0.25, -0.2) is 8.42 Å². The maximum Gasteiger partial charge on any atom is 0.290 e. The van der Waals surface area contributed by atoms with E-state index >= 15 is 0 Å². The summed E-state index contributed by atoms with van der Waals surface area (Å²) in [7, 11) is -3.23. The molecule has 3 aromatic rings. The summed E-state index contributed by atoms with van der Waals surface area (Å²) >= 11 is 6.27. The van der Waals surface area contributed by atoms with Gasteiger partial charge in [0, 0.05) is 23.7 Å². The minimum absolute atomic E-state index is 0.0188. The number of carbonyl (C=O) groups is 1. The zero-order valence-electron chi connectivity index (χ0n) is 16.3. The molecule has 2 heterocycles. The highest BCUT2D eigenvalue weighted by Crippen LogP contribution is 2.25. The van der Waals surface area contributed by atoms with E-state index in [0.717, 1.165) is 5.56 Å². The number of sulfone groups is 1. The van der Waals surface area contributed by atoms with Gasteiger partial charge < -0.3 is 9.32 Å². The Kier molecular flexibility index (Phi) is 5.42. The van der Waals surface area contributed by atoms with Gasteiger partial charge in [0.2, 0.25) is 0 Å². The lowest BCUT2D eigenvalue weighted by atomic mass is 10.1. The second kappa shape index (κ2) is 7.89. The van der Waals surface area contributed by atoms with Crippen molar-refractivity contribution in [3.63, 3.8) is 0 Å². The van der Waals surface area contributed by atoms with Gasteiger partial charge in [0.25, 0.3) is 5.91 Å². The highest BCUT2D eigenvalue weighted by Gasteiger charge is 2.36. The number of fused-ring (bicyclic) bond motifs is 1. The molecule has 30 heavy (non-hydrogen) atoms. The Morgan fingerprint density at radius 2 is 1.97 bits per heavy atom. The number of aryl methyl sites for hydroxylation is 1. The quantitative estimate of drug-likeness (QED) is 0.612. The molecule has 156 valence electrons. The molecule has 0 unspecified atom stereocenters. The average Bonchev–Trinajstić information content (AvgIpc) is 3.06. The Labute approximate surface area is 179 Å². The third-order valence-electron chi connectivity index (χ3n) is 5.30. The van der Waals surface area contributed by atoms with Gasteiger partial charge in [0.15, 0.2) is 21.0 Å². The molecule has 6 nitrogen and oxygen atoms in total. The third kappa shape index (κ3) is 4.13. The first-order valence-corrected chi connectivity index (χ1v) is 11.7. The molecule has 1 amide bonds. The fraction of sp³-hybridized carbons (Fsp3) is 0.273. The molecule has 1 atom stereocenters. The summed E-state index contributed by atoms with van der Waals surface area (Å²) in [6.45, 7) is 1.98. The molecule has 1 saturated heterocycles. The first-order valence-electron chi connectivity index (χ1n) is 9.53. The van der Waals surface area contributed by atoms with E-state index in [-0.39, 0.29) is 29.2 Å². The molecule has 0 N–H and O–H groups in total. The van der Waals surface area contributed by atoms with Crippen molar-refractivity contribution in [1.82, 2.24) is 4.90 Å². The van der Waals surface area contributed by atoms with Crippen LogP contribution in [0.2, 0.25) is 5.02 Å². The smallest absolute Gasteiger partial charge is 0.290 e. The summed E-state index contributed by atoms with van der Waals surface area (Å²) in [5.41, 5.74) is 1.59. The molecule has 0 saturated carbocycles. The Morgan fingerprint density at radius 3 is 2.67 bits per heavy atom. The van der Waals surface area contributed by atoms with Crippen LogP contribution in [0.3, 0.4) is 0 Å². The molecule has 0 spiro atoms. The van der Waals surface area contributed by atoms with Gasteiger partial charge >= 0.3 is 0 Å². The van der Waals surface area contributed by atoms with Crippen LogP contribution in [0.4, 0.5) is 0 Å². The molecule has 1 aliphatic rings. The Bertz CT molecular complexity index is 1300. The lowest BCUT2D eigenvalue weighted by molar-refractivity contribution is 0.0648. The highest BCUT2D eigenvalue weighted by molar-refractivity contribution is 7.91. The van der Waals surface area contributed by atoms with Crippen LogP contribution in [0.1, 0.15) is 28.1 Å². The number of hydrogen-bond donors (Lipinski definition) is 0. The summed E-state index contributed by atoms with van der Waals surface area (Å²) in [5, 5.41) is 0.874. The van der Waals surface area contributed by atoms with Gasteiger partial charge in [0.05, 0.1) is 16.9 Å². The van der Waals surface area contributed by atoms with E-state index in [1.807, 2.05) is 6.92 Å². The topological polar surface area (TPSA) is 84.7 Å². The van der Waals surface area contributed by atoms with E-state index in [1.54, 1.807) is 42.5 Å². The summed E-state index contributed by atoms with van der Waals surface area (Å²) in [6, 6.07) is 12.9. The summed E-state index contributed by atoms with van der Waals surface area (Å²) < 4.78 is 29.8. The van der Waals surface area contributed by atoms with Crippen LogP contribution in [0.15, 0.2) is 57.7 Å². The standard InChI is InChI=1S/C22H20ClNO5S/c1-14-6-7-20-17(10-14)19(25)11-21(29-20)22(26)24(16-8-9-30(27,28)13-16)12-15-4-2-3-5-18(15)23/h2-7,10-11,16H,8-9,12-13H2,1H3/t16-/m1/s1. The van der Waals surface area contributed by atoms with Gasteiger partial charge in [-0.15, -0.1) is 0 Å². The Hall–Kier alpha value is -2.64. The number of carbonyl (C=O) groups excluding carboxylic acids is 1. The van der Waals surface area contributed by atoms with E-state index in [2.05, 4.69) is 0 Å². The van der Waals surface area contributed by atoms with E-state index in [4.69, 9.17) is 16.0 Å².